The van der Waals surface area contributed by atoms with E-state index in [1.807, 2.05) is 54.7 Å². The van der Waals surface area contributed by atoms with Gasteiger partial charge in [-0.15, -0.1) is 0 Å². The molecule has 0 saturated carbocycles. The van der Waals surface area contributed by atoms with Gasteiger partial charge in [-0.25, -0.2) is 14.8 Å². The van der Waals surface area contributed by atoms with Crippen LogP contribution in [0.25, 0.3) is 11.4 Å². The van der Waals surface area contributed by atoms with Crippen molar-refractivity contribution in [3.8, 4) is 11.4 Å². The lowest BCUT2D eigenvalue weighted by atomic mass is 10.1. The van der Waals surface area contributed by atoms with Gasteiger partial charge in [0.15, 0.2) is 5.82 Å². The lowest BCUT2D eigenvalue weighted by Gasteiger charge is -2.28. The van der Waals surface area contributed by atoms with Gasteiger partial charge in [-0.05, 0) is 42.3 Å². The van der Waals surface area contributed by atoms with Crippen molar-refractivity contribution in [2.45, 2.75) is 26.3 Å². The number of carbonyl (C=O) groups excluding carboxylic acids is 1. The maximum atomic E-state index is 12.7. The number of aryl methyl sites for hydroxylation is 1. The van der Waals surface area contributed by atoms with Crippen LogP contribution in [0.2, 0.25) is 5.02 Å². The number of nitrogens with zero attached hydrogens (tertiary/aromatic N) is 3. The number of hydrogen-bond acceptors (Lipinski definition) is 3. The number of benzene rings is 2. The van der Waals surface area contributed by atoms with E-state index in [9.17, 15) is 4.79 Å². The van der Waals surface area contributed by atoms with E-state index in [4.69, 9.17) is 16.6 Å². The highest BCUT2D eigenvalue weighted by atomic mass is 35.5. The van der Waals surface area contributed by atoms with Crippen molar-refractivity contribution in [2.24, 2.45) is 0 Å². The number of carbonyl (C=O) groups is 1. The first-order chi connectivity index (χ1) is 13.6. The summed E-state index contributed by atoms with van der Waals surface area (Å²) in [5.74, 6) is 0.685. The second-order valence-electron chi connectivity index (χ2n) is 6.78. The van der Waals surface area contributed by atoms with Crippen LogP contribution in [0.5, 0.6) is 0 Å². The fourth-order valence-corrected chi connectivity index (χ4v) is 3.50. The van der Waals surface area contributed by atoms with Crippen molar-refractivity contribution in [3.05, 3.63) is 76.6 Å². The molecule has 4 rings (SSSR count). The van der Waals surface area contributed by atoms with Gasteiger partial charge in [0.2, 0.25) is 0 Å². The minimum Gasteiger partial charge on any atom is -0.320 e. The van der Waals surface area contributed by atoms with Crippen LogP contribution in [0.4, 0.5) is 10.5 Å². The Balaban J connectivity index is 1.49. The molecule has 142 valence electrons. The standard InChI is InChI=1S/C22H21ClN4O/c1-2-15-5-3-4-6-19(15)26-22(28)27-12-11-20-17(14-27)13-24-21(25-20)16-7-9-18(23)10-8-16/h3-10,13H,2,11-12,14H2,1H3,(H,26,28). The number of aromatic nitrogens is 2. The van der Waals surface area contributed by atoms with Crippen LogP contribution in [0.15, 0.2) is 54.7 Å². The Hall–Kier alpha value is -2.92. The zero-order valence-electron chi connectivity index (χ0n) is 15.7. The molecule has 2 heterocycles. The Labute approximate surface area is 169 Å². The molecule has 0 fully saturated rings. The van der Waals surface area contributed by atoms with E-state index in [0.717, 1.165) is 34.5 Å². The molecule has 2 aromatic carbocycles. The van der Waals surface area contributed by atoms with Crippen molar-refractivity contribution in [3.63, 3.8) is 0 Å². The summed E-state index contributed by atoms with van der Waals surface area (Å²) < 4.78 is 0. The Bertz CT molecular complexity index is 1000. The van der Waals surface area contributed by atoms with E-state index in [0.29, 0.717) is 30.4 Å². The van der Waals surface area contributed by atoms with Crippen LogP contribution in [-0.2, 0) is 19.4 Å². The highest BCUT2D eigenvalue weighted by Gasteiger charge is 2.23. The summed E-state index contributed by atoms with van der Waals surface area (Å²) in [6, 6.07) is 15.3. The average molecular weight is 393 g/mol. The Kier molecular flexibility index (Phi) is 5.26. The SMILES string of the molecule is CCc1ccccc1NC(=O)N1CCc2nc(-c3ccc(Cl)cc3)ncc2C1. The minimum absolute atomic E-state index is 0.0895. The third-order valence-electron chi connectivity index (χ3n) is 4.96. The Morgan fingerprint density at radius 2 is 1.96 bits per heavy atom. The van der Waals surface area contributed by atoms with E-state index >= 15 is 0 Å². The quantitative estimate of drug-likeness (QED) is 0.686. The molecule has 0 radical (unpaired) electrons. The summed E-state index contributed by atoms with van der Waals surface area (Å²) in [5.41, 5.74) is 4.92. The molecule has 0 atom stereocenters. The first-order valence-corrected chi connectivity index (χ1v) is 9.76. The summed E-state index contributed by atoms with van der Waals surface area (Å²) >= 11 is 5.95. The molecule has 28 heavy (non-hydrogen) atoms. The number of para-hydroxylation sites is 1. The Morgan fingerprint density at radius 1 is 1.18 bits per heavy atom. The van der Waals surface area contributed by atoms with Crippen LogP contribution in [0.1, 0.15) is 23.7 Å². The number of halogens is 1. The second-order valence-corrected chi connectivity index (χ2v) is 7.22. The van der Waals surface area contributed by atoms with Crippen molar-refractivity contribution in [1.82, 2.24) is 14.9 Å². The number of rotatable bonds is 3. The number of nitrogens with one attached hydrogen (secondary N) is 1. The van der Waals surface area contributed by atoms with Crippen molar-refractivity contribution >= 4 is 23.3 Å². The molecule has 1 aliphatic rings. The molecule has 1 N–H and O–H groups in total. The first kappa shape index (κ1) is 18.4. The van der Waals surface area contributed by atoms with Gasteiger partial charge in [-0.2, -0.15) is 0 Å². The number of hydrogen-bond donors (Lipinski definition) is 1. The lowest BCUT2D eigenvalue weighted by molar-refractivity contribution is 0.206. The zero-order chi connectivity index (χ0) is 19.5. The summed E-state index contributed by atoms with van der Waals surface area (Å²) in [4.78, 5) is 23.7. The molecule has 0 aliphatic carbocycles. The largest absolute Gasteiger partial charge is 0.322 e. The molecule has 0 saturated heterocycles. The van der Waals surface area contributed by atoms with Gasteiger partial charge in [0, 0.05) is 41.0 Å². The summed E-state index contributed by atoms with van der Waals surface area (Å²) in [6.07, 6.45) is 3.41. The minimum atomic E-state index is -0.0895. The van der Waals surface area contributed by atoms with Gasteiger partial charge in [-0.1, -0.05) is 36.7 Å². The molecular formula is C22H21ClN4O. The summed E-state index contributed by atoms with van der Waals surface area (Å²) in [5, 5.41) is 3.73. The maximum absolute atomic E-state index is 12.7. The van der Waals surface area contributed by atoms with Crippen LogP contribution in [0.3, 0.4) is 0 Å². The molecule has 1 aromatic heterocycles. The molecule has 2 amide bonds. The van der Waals surface area contributed by atoms with Crippen LogP contribution < -0.4 is 5.32 Å². The first-order valence-electron chi connectivity index (χ1n) is 9.38. The van der Waals surface area contributed by atoms with Crippen LogP contribution in [-0.4, -0.2) is 27.4 Å². The van der Waals surface area contributed by atoms with E-state index in [2.05, 4.69) is 17.2 Å². The van der Waals surface area contributed by atoms with E-state index in [1.165, 1.54) is 0 Å². The van der Waals surface area contributed by atoms with E-state index < -0.39 is 0 Å². The van der Waals surface area contributed by atoms with Crippen molar-refractivity contribution in [2.75, 3.05) is 11.9 Å². The van der Waals surface area contributed by atoms with Gasteiger partial charge >= 0.3 is 6.03 Å². The highest BCUT2D eigenvalue weighted by Crippen LogP contribution is 2.23. The topological polar surface area (TPSA) is 58.1 Å². The highest BCUT2D eigenvalue weighted by molar-refractivity contribution is 6.30. The fraction of sp³-hybridized carbons (Fsp3) is 0.227. The van der Waals surface area contributed by atoms with Gasteiger partial charge < -0.3 is 10.2 Å². The molecule has 3 aromatic rings. The third kappa shape index (κ3) is 3.85. The zero-order valence-corrected chi connectivity index (χ0v) is 16.4. The predicted molar refractivity (Wildman–Crippen MR) is 111 cm³/mol. The van der Waals surface area contributed by atoms with E-state index in [-0.39, 0.29) is 6.03 Å². The van der Waals surface area contributed by atoms with Gasteiger partial charge in [0.05, 0.1) is 12.2 Å². The predicted octanol–water partition coefficient (Wildman–Crippen LogP) is 4.95. The molecule has 0 bridgehead atoms. The van der Waals surface area contributed by atoms with Gasteiger partial charge in [0.1, 0.15) is 0 Å². The number of fused-ring (bicyclic) bond motifs is 1. The van der Waals surface area contributed by atoms with Crippen LogP contribution in [0, 0.1) is 0 Å². The Morgan fingerprint density at radius 3 is 2.75 bits per heavy atom. The molecular weight excluding hydrogens is 372 g/mol. The molecule has 6 heteroatoms. The molecule has 1 aliphatic heterocycles. The van der Waals surface area contributed by atoms with Crippen molar-refractivity contribution < 1.29 is 4.79 Å². The molecule has 0 unspecified atom stereocenters. The van der Waals surface area contributed by atoms with Crippen LogP contribution >= 0.6 is 11.6 Å². The maximum Gasteiger partial charge on any atom is 0.322 e. The number of amides is 2. The smallest absolute Gasteiger partial charge is 0.320 e. The second kappa shape index (κ2) is 7.98. The monoisotopic (exact) mass is 392 g/mol. The van der Waals surface area contributed by atoms with E-state index in [1.54, 1.807) is 4.90 Å². The third-order valence-corrected chi connectivity index (χ3v) is 5.22. The average Bonchev–Trinajstić information content (AvgIpc) is 2.74. The normalized spacial score (nSPS) is 13.1. The van der Waals surface area contributed by atoms with Gasteiger partial charge in [0.25, 0.3) is 0 Å². The lowest BCUT2D eigenvalue weighted by Crippen LogP contribution is -2.39. The fourth-order valence-electron chi connectivity index (χ4n) is 3.37. The van der Waals surface area contributed by atoms with Gasteiger partial charge in [-0.3, -0.25) is 0 Å². The summed E-state index contributed by atoms with van der Waals surface area (Å²) in [6.45, 7) is 3.22. The number of anilines is 1. The molecule has 0 spiro atoms. The summed E-state index contributed by atoms with van der Waals surface area (Å²) in [7, 11) is 0. The molecule has 5 nitrogen and oxygen atoms in total. The van der Waals surface area contributed by atoms with Crippen molar-refractivity contribution in [1.29, 1.82) is 0 Å². The number of urea groups is 1.